The predicted octanol–water partition coefficient (Wildman–Crippen LogP) is 0.00640. The minimum absolute atomic E-state index is 0.0210. The summed E-state index contributed by atoms with van der Waals surface area (Å²) in [5.74, 6) is 0.545. The standard InChI is InChI=1S/C13H12BNO3/c16-14(17)10-5-3-4-9(8-10)13-15-11-6-1-2-7-12(11)18-13/h1-8,11-12,16-17H. The van der Waals surface area contributed by atoms with Gasteiger partial charge in [-0.15, -0.1) is 0 Å². The molecule has 0 saturated heterocycles. The third-order valence-electron chi connectivity index (χ3n) is 3.00. The molecule has 1 aromatic carbocycles. The molecule has 1 aliphatic heterocycles. The molecule has 2 aliphatic rings. The van der Waals surface area contributed by atoms with Gasteiger partial charge in [-0.1, -0.05) is 30.4 Å². The molecule has 2 atom stereocenters. The van der Waals surface area contributed by atoms with Crippen molar-refractivity contribution in [2.75, 3.05) is 0 Å². The molecule has 90 valence electrons. The quantitative estimate of drug-likeness (QED) is 0.717. The maximum absolute atomic E-state index is 9.15. The van der Waals surface area contributed by atoms with Crippen LogP contribution in [0.1, 0.15) is 5.56 Å². The highest BCUT2D eigenvalue weighted by atomic mass is 16.5. The molecule has 0 saturated carbocycles. The molecule has 2 unspecified atom stereocenters. The summed E-state index contributed by atoms with van der Waals surface area (Å²) in [7, 11) is -1.48. The Balaban J connectivity index is 1.90. The van der Waals surface area contributed by atoms with Crippen LogP contribution in [0, 0.1) is 0 Å². The van der Waals surface area contributed by atoms with Crippen molar-refractivity contribution in [2.24, 2.45) is 4.99 Å². The van der Waals surface area contributed by atoms with Crippen molar-refractivity contribution in [3.63, 3.8) is 0 Å². The number of hydrogen-bond acceptors (Lipinski definition) is 4. The molecule has 18 heavy (non-hydrogen) atoms. The third kappa shape index (κ3) is 1.98. The van der Waals surface area contributed by atoms with Crippen LogP contribution in [0.25, 0.3) is 0 Å². The van der Waals surface area contributed by atoms with Crippen molar-refractivity contribution < 1.29 is 14.8 Å². The van der Waals surface area contributed by atoms with Crippen molar-refractivity contribution in [2.45, 2.75) is 12.1 Å². The normalized spacial score (nSPS) is 24.4. The molecule has 0 bridgehead atoms. The molecular weight excluding hydrogens is 229 g/mol. The number of hydrogen-bond donors (Lipinski definition) is 2. The molecule has 0 radical (unpaired) electrons. The minimum atomic E-state index is -1.48. The molecule has 0 aromatic heterocycles. The Kier molecular flexibility index (Phi) is 2.78. The van der Waals surface area contributed by atoms with Gasteiger partial charge >= 0.3 is 7.12 Å². The van der Waals surface area contributed by atoms with Crippen LogP contribution in [0.5, 0.6) is 0 Å². The van der Waals surface area contributed by atoms with Crippen LogP contribution in [0.2, 0.25) is 0 Å². The first-order chi connectivity index (χ1) is 8.74. The number of rotatable bonds is 2. The van der Waals surface area contributed by atoms with E-state index < -0.39 is 7.12 Å². The van der Waals surface area contributed by atoms with Crippen molar-refractivity contribution in [3.8, 4) is 0 Å². The fourth-order valence-electron chi connectivity index (χ4n) is 2.07. The summed E-state index contributed by atoms with van der Waals surface area (Å²) in [4.78, 5) is 4.47. The second-order valence-corrected chi connectivity index (χ2v) is 4.28. The predicted molar refractivity (Wildman–Crippen MR) is 69.7 cm³/mol. The van der Waals surface area contributed by atoms with E-state index in [0.717, 1.165) is 5.56 Å². The molecule has 1 aromatic rings. The Bertz CT molecular complexity index is 551. The molecule has 1 aliphatic carbocycles. The van der Waals surface area contributed by atoms with Crippen LogP contribution in [0.3, 0.4) is 0 Å². The number of benzene rings is 1. The molecule has 0 spiro atoms. The molecule has 4 nitrogen and oxygen atoms in total. The zero-order valence-corrected chi connectivity index (χ0v) is 9.60. The van der Waals surface area contributed by atoms with Crippen LogP contribution in [-0.4, -0.2) is 35.2 Å². The highest BCUT2D eigenvalue weighted by molar-refractivity contribution is 6.58. The summed E-state index contributed by atoms with van der Waals surface area (Å²) in [6.45, 7) is 0. The Morgan fingerprint density at radius 1 is 1.17 bits per heavy atom. The van der Waals surface area contributed by atoms with Gasteiger partial charge in [-0.05, 0) is 23.7 Å². The zero-order chi connectivity index (χ0) is 12.5. The lowest BCUT2D eigenvalue weighted by molar-refractivity contribution is 0.255. The summed E-state index contributed by atoms with van der Waals surface area (Å²) >= 11 is 0. The number of fused-ring (bicyclic) bond motifs is 1. The molecule has 2 N–H and O–H groups in total. The van der Waals surface area contributed by atoms with Gasteiger partial charge in [-0.3, -0.25) is 0 Å². The molecule has 1 heterocycles. The summed E-state index contributed by atoms with van der Waals surface area (Å²) < 4.78 is 5.73. The van der Waals surface area contributed by atoms with Crippen molar-refractivity contribution in [1.29, 1.82) is 0 Å². The molecule has 0 fully saturated rings. The first kappa shape index (κ1) is 11.3. The fraction of sp³-hybridized carbons (Fsp3) is 0.154. The highest BCUT2D eigenvalue weighted by Crippen LogP contribution is 2.22. The number of allylic oxidation sites excluding steroid dienone is 2. The van der Waals surface area contributed by atoms with Gasteiger partial charge in [-0.25, -0.2) is 4.99 Å². The smallest absolute Gasteiger partial charge is 0.467 e. The summed E-state index contributed by atoms with van der Waals surface area (Å²) in [6, 6.07) is 6.94. The number of ether oxygens (including phenoxy) is 1. The summed E-state index contributed by atoms with van der Waals surface area (Å²) in [5, 5.41) is 18.3. The van der Waals surface area contributed by atoms with E-state index in [9.17, 15) is 0 Å². The van der Waals surface area contributed by atoms with Gasteiger partial charge in [0.15, 0.2) is 0 Å². The first-order valence-corrected chi connectivity index (χ1v) is 5.80. The molecular formula is C13H12BNO3. The summed E-state index contributed by atoms with van der Waals surface area (Å²) in [6.07, 6.45) is 7.79. The first-order valence-electron chi connectivity index (χ1n) is 5.80. The van der Waals surface area contributed by atoms with Gasteiger partial charge in [0, 0.05) is 5.56 Å². The van der Waals surface area contributed by atoms with Gasteiger partial charge in [0.25, 0.3) is 0 Å². The lowest BCUT2D eigenvalue weighted by Gasteiger charge is -2.12. The van der Waals surface area contributed by atoms with Gasteiger partial charge in [0.05, 0.1) is 0 Å². The van der Waals surface area contributed by atoms with E-state index in [2.05, 4.69) is 4.99 Å². The highest BCUT2D eigenvalue weighted by Gasteiger charge is 2.29. The van der Waals surface area contributed by atoms with Gasteiger partial charge in [-0.2, -0.15) is 0 Å². The van der Waals surface area contributed by atoms with Crippen LogP contribution < -0.4 is 5.46 Å². The second-order valence-electron chi connectivity index (χ2n) is 4.28. The Morgan fingerprint density at radius 2 is 2.00 bits per heavy atom. The van der Waals surface area contributed by atoms with Gasteiger partial charge in [0.2, 0.25) is 5.90 Å². The molecule has 3 rings (SSSR count). The van der Waals surface area contributed by atoms with Crippen LogP contribution in [-0.2, 0) is 4.74 Å². The largest absolute Gasteiger partial charge is 0.488 e. The maximum Gasteiger partial charge on any atom is 0.488 e. The van der Waals surface area contributed by atoms with E-state index in [1.54, 1.807) is 18.2 Å². The molecule has 0 amide bonds. The zero-order valence-electron chi connectivity index (χ0n) is 9.60. The monoisotopic (exact) mass is 241 g/mol. The van der Waals surface area contributed by atoms with E-state index in [-0.39, 0.29) is 12.1 Å². The summed E-state index contributed by atoms with van der Waals surface area (Å²) in [5.41, 5.74) is 1.19. The van der Waals surface area contributed by atoms with Gasteiger partial charge in [0.1, 0.15) is 12.1 Å². The maximum atomic E-state index is 9.15. The fourth-order valence-corrected chi connectivity index (χ4v) is 2.07. The van der Waals surface area contributed by atoms with Crippen LogP contribution >= 0.6 is 0 Å². The Labute approximate surface area is 105 Å². The average molecular weight is 241 g/mol. The molecule has 5 heteroatoms. The van der Waals surface area contributed by atoms with E-state index in [4.69, 9.17) is 14.8 Å². The van der Waals surface area contributed by atoms with E-state index in [1.807, 2.05) is 30.4 Å². The lowest BCUT2D eigenvalue weighted by atomic mass is 9.79. The van der Waals surface area contributed by atoms with Crippen molar-refractivity contribution in [1.82, 2.24) is 0 Å². The SMILES string of the molecule is OB(O)c1cccc(C2=NC3C=CC=CC3O2)c1. The van der Waals surface area contributed by atoms with E-state index in [1.165, 1.54) is 0 Å². The van der Waals surface area contributed by atoms with Crippen LogP contribution in [0.15, 0.2) is 53.6 Å². The van der Waals surface area contributed by atoms with E-state index >= 15 is 0 Å². The number of nitrogens with zero attached hydrogens (tertiary/aromatic N) is 1. The minimum Gasteiger partial charge on any atom is -0.467 e. The lowest BCUT2D eigenvalue weighted by Crippen LogP contribution is -2.30. The van der Waals surface area contributed by atoms with E-state index in [0.29, 0.717) is 11.4 Å². The van der Waals surface area contributed by atoms with Crippen molar-refractivity contribution >= 4 is 18.5 Å². The Morgan fingerprint density at radius 3 is 2.78 bits per heavy atom. The number of aliphatic imine (C=N–C) groups is 1. The second kappa shape index (κ2) is 4.44. The van der Waals surface area contributed by atoms with Crippen molar-refractivity contribution in [3.05, 3.63) is 54.1 Å². The topological polar surface area (TPSA) is 62.0 Å². The van der Waals surface area contributed by atoms with Gasteiger partial charge < -0.3 is 14.8 Å². The Hall–Kier alpha value is -1.85. The van der Waals surface area contributed by atoms with Crippen LogP contribution in [0.4, 0.5) is 0 Å². The average Bonchev–Trinajstić information content (AvgIpc) is 2.82. The third-order valence-corrected chi connectivity index (χ3v) is 3.00.